The first-order chi connectivity index (χ1) is 9.65. The molecule has 1 aromatic carbocycles. The van der Waals surface area contributed by atoms with Crippen molar-refractivity contribution in [2.75, 3.05) is 23.5 Å². The van der Waals surface area contributed by atoms with Crippen molar-refractivity contribution >= 4 is 23.0 Å². The van der Waals surface area contributed by atoms with Crippen molar-refractivity contribution in [3.8, 4) is 0 Å². The monoisotopic (exact) mass is 275 g/mol. The minimum atomic E-state index is 0.0773. The topological polar surface area (TPSA) is 76.4 Å². The number of rotatable bonds is 3. The Kier molecular flexibility index (Phi) is 3.53. The Hall–Kier alpha value is -1.75. The van der Waals surface area contributed by atoms with Gasteiger partial charge >= 0.3 is 0 Å². The highest BCUT2D eigenvalue weighted by Crippen LogP contribution is 2.33. The van der Waals surface area contributed by atoms with Crippen LogP contribution < -0.4 is 16.4 Å². The molecule has 4 N–H and O–H groups in total. The smallest absolute Gasteiger partial charge is 0.224 e. The fourth-order valence-electron chi connectivity index (χ4n) is 3.08. The Morgan fingerprint density at radius 3 is 2.95 bits per heavy atom. The van der Waals surface area contributed by atoms with E-state index in [1.165, 1.54) is 0 Å². The number of methoxy groups -OCH3 is 1. The van der Waals surface area contributed by atoms with Gasteiger partial charge in [0.15, 0.2) is 0 Å². The van der Waals surface area contributed by atoms with E-state index in [4.69, 9.17) is 10.5 Å². The first-order valence-electron chi connectivity index (χ1n) is 7.17. The minimum Gasteiger partial charge on any atom is -0.397 e. The summed E-state index contributed by atoms with van der Waals surface area (Å²) in [5.74, 6) is 0.0773. The second-order valence-corrected chi connectivity index (χ2v) is 5.66. The zero-order valence-corrected chi connectivity index (χ0v) is 11.7. The number of carbonyl (C=O) groups is 1. The van der Waals surface area contributed by atoms with Crippen molar-refractivity contribution in [3.05, 3.63) is 17.7 Å². The molecule has 20 heavy (non-hydrogen) atoms. The highest BCUT2D eigenvalue weighted by molar-refractivity contribution is 5.95. The third-order valence-electron chi connectivity index (χ3n) is 4.25. The summed E-state index contributed by atoms with van der Waals surface area (Å²) in [7, 11) is 1.76. The highest BCUT2D eigenvalue weighted by Gasteiger charge is 2.25. The van der Waals surface area contributed by atoms with Crippen LogP contribution in [0.3, 0.4) is 0 Å². The number of benzene rings is 1. The van der Waals surface area contributed by atoms with E-state index >= 15 is 0 Å². The SMILES string of the molecule is COC1CCC(Nc2cc3c(cc2N)CCC(=O)N3)C1. The molecule has 0 radical (unpaired) electrons. The van der Waals surface area contributed by atoms with E-state index in [0.29, 0.717) is 18.6 Å². The van der Waals surface area contributed by atoms with Crippen molar-refractivity contribution in [2.24, 2.45) is 0 Å². The van der Waals surface area contributed by atoms with Crippen LogP contribution in [0.25, 0.3) is 0 Å². The van der Waals surface area contributed by atoms with Gasteiger partial charge < -0.3 is 21.1 Å². The van der Waals surface area contributed by atoms with Gasteiger partial charge in [-0.25, -0.2) is 0 Å². The Morgan fingerprint density at radius 1 is 1.35 bits per heavy atom. The lowest BCUT2D eigenvalue weighted by atomic mass is 10.0. The van der Waals surface area contributed by atoms with Crippen LogP contribution in [0.5, 0.6) is 0 Å². The van der Waals surface area contributed by atoms with E-state index in [2.05, 4.69) is 10.6 Å². The number of hydrogen-bond acceptors (Lipinski definition) is 4. The third-order valence-corrected chi connectivity index (χ3v) is 4.25. The lowest BCUT2D eigenvalue weighted by Crippen LogP contribution is -2.21. The van der Waals surface area contributed by atoms with Gasteiger partial charge in [0.1, 0.15) is 0 Å². The number of hydrogen-bond donors (Lipinski definition) is 3. The first-order valence-corrected chi connectivity index (χ1v) is 7.17. The maximum atomic E-state index is 11.5. The van der Waals surface area contributed by atoms with Gasteiger partial charge in [0.2, 0.25) is 5.91 Å². The number of aryl methyl sites for hydroxylation is 1. The molecule has 1 heterocycles. The third kappa shape index (κ3) is 2.58. The van der Waals surface area contributed by atoms with Crippen molar-refractivity contribution in [1.82, 2.24) is 0 Å². The molecule has 1 aliphatic heterocycles. The maximum Gasteiger partial charge on any atom is 0.224 e. The number of fused-ring (bicyclic) bond motifs is 1. The van der Waals surface area contributed by atoms with Gasteiger partial charge in [-0.05, 0) is 43.4 Å². The number of nitrogens with one attached hydrogen (secondary N) is 2. The summed E-state index contributed by atoms with van der Waals surface area (Å²) in [6, 6.07) is 4.32. The molecule has 5 heteroatoms. The summed E-state index contributed by atoms with van der Waals surface area (Å²) < 4.78 is 5.39. The quantitative estimate of drug-likeness (QED) is 0.739. The Morgan fingerprint density at radius 2 is 2.20 bits per heavy atom. The van der Waals surface area contributed by atoms with E-state index in [0.717, 1.165) is 48.3 Å². The maximum absolute atomic E-state index is 11.5. The van der Waals surface area contributed by atoms with Gasteiger partial charge in [-0.15, -0.1) is 0 Å². The molecule has 1 saturated carbocycles. The van der Waals surface area contributed by atoms with Crippen LogP contribution in [0.2, 0.25) is 0 Å². The van der Waals surface area contributed by atoms with Crippen LogP contribution in [0, 0.1) is 0 Å². The van der Waals surface area contributed by atoms with Crippen molar-refractivity contribution < 1.29 is 9.53 Å². The number of nitrogens with two attached hydrogens (primary N) is 1. The van der Waals surface area contributed by atoms with Crippen molar-refractivity contribution in [1.29, 1.82) is 0 Å². The molecule has 108 valence electrons. The number of ether oxygens (including phenoxy) is 1. The van der Waals surface area contributed by atoms with Crippen molar-refractivity contribution in [3.63, 3.8) is 0 Å². The van der Waals surface area contributed by atoms with Gasteiger partial charge in [-0.3, -0.25) is 4.79 Å². The van der Waals surface area contributed by atoms with Crippen LogP contribution >= 0.6 is 0 Å². The average Bonchev–Trinajstić information content (AvgIpc) is 2.88. The fraction of sp³-hybridized carbons (Fsp3) is 0.533. The Balaban J connectivity index is 1.76. The van der Waals surface area contributed by atoms with Gasteiger partial charge in [-0.1, -0.05) is 0 Å². The molecule has 1 amide bonds. The molecule has 5 nitrogen and oxygen atoms in total. The van der Waals surface area contributed by atoms with Crippen LogP contribution in [0.1, 0.15) is 31.2 Å². The molecule has 2 unspecified atom stereocenters. The molecular weight excluding hydrogens is 254 g/mol. The van der Waals surface area contributed by atoms with Gasteiger partial charge in [0, 0.05) is 25.3 Å². The van der Waals surface area contributed by atoms with E-state index in [-0.39, 0.29) is 5.91 Å². The summed E-state index contributed by atoms with van der Waals surface area (Å²) >= 11 is 0. The van der Waals surface area contributed by atoms with E-state index in [1.54, 1.807) is 7.11 Å². The Labute approximate surface area is 118 Å². The Bertz CT molecular complexity index is 530. The molecule has 1 aliphatic carbocycles. The fourth-order valence-corrected chi connectivity index (χ4v) is 3.08. The lowest BCUT2D eigenvalue weighted by Gasteiger charge is -2.22. The number of carbonyl (C=O) groups excluding carboxylic acids is 1. The molecule has 1 aromatic rings. The molecule has 3 rings (SSSR count). The molecule has 1 fully saturated rings. The molecule has 2 aliphatic rings. The van der Waals surface area contributed by atoms with E-state index < -0.39 is 0 Å². The average molecular weight is 275 g/mol. The van der Waals surface area contributed by atoms with Crippen molar-refractivity contribution in [2.45, 2.75) is 44.2 Å². The molecule has 0 saturated heterocycles. The number of nitrogen functional groups attached to an aromatic ring is 1. The molecular formula is C15H21N3O2. The van der Waals surface area contributed by atoms with Gasteiger partial charge in [-0.2, -0.15) is 0 Å². The standard InChI is InChI=1S/C15H21N3O2/c1-20-11-4-3-10(7-11)17-14-8-13-9(6-12(14)16)2-5-15(19)18-13/h6,8,10-11,17H,2-5,7,16H2,1H3,(H,18,19). The van der Waals surface area contributed by atoms with Crippen LogP contribution in [0.15, 0.2) is 12.1 Å². The molecule has 0 bridgehead atoms. The predicted octanol–water partition coefficient (Wildman–Crippen LogP) is 2.13. The molecule has 0 spiro atoms. The van der Waals surface area contributed by atoms with Crippen LogP contribution in [-0.4, -0.2) is 25.2 Å². The summed E-state index contributed by atoms with van der Waals surface area (Å²) in [6.07, 6.45) is 4.81. The normalized spacial score (nSPS) is 25.1. The molecule has 0 aromatic heterocycles. The predicted molar refractivity (Wildman–Crippen MR) is 79.9 cm³/mol. The zero-order chi connectivity index (χ0) is 14.1. The van der Waals surface area contributed by atoms with E-state index in [9.17, 15) is 4.79 Å². The first kappa shape index (κ1) is 13.2. The second-order valence-electron chi connectivity index (χ2n) is 5.66. The minimum absolute atomic E-state index is 0.0773. The number of anilines is 3. The summed E-state index contributed by atoms with van der Waals surface area (Å²) in [5.41, 5.74) is 9.79. The largest absolute Gasteiger partial charge is 0.397 e. The molecule has 2 atom stereocenters. The summed E-state index contributed by atoms with van der Waals surface area (Å²) in [5, 5.41) is 6.40. The van der Waals surface area contributed by atoms with Crippen LogP contribution in [-0.2, 0) is 16.0 Å². The summed E-state index contributed by atoms with van der Waals surface area (Å²) in [4.78, 5) is 11.5. The number of amides is 1. The highest BCUT2D eigenvalue weighted by atomic mass is 16.5. The van der Waals surface area contributed by atoms with Gasteiger partial charge in [0.05, 0.1) is 17.5 Å². The lowest BCUT2D eigenvalue weighted by molar-refractivity contribution is -0.116. The van der Waals surface area contributed by atoms with Crippen LogP contribution in [0.4, 0.5) is 17.1 Å². The van der Waals surface area contributed by atoms with Gasteiger partial charge in [0.25, 0.3) is 0 Å². The van der Waals surface area contributed by atoms with E-state index in [1.807, 2.05) is 12.1 Å². The zero-order valence-electron chi connectivity index (χ0n) is 11.7. The summed E-state index contributed by atoms with van der Waals surface area (Å²) in [6.45, 7) is 0. The second kappa shape index (κ2) is 5.32.